The summed E-state index contributed by atoms with van der Waals surface area (Å²) in [6.07, 6.45) is 11.8. The molecule has 0 amide bonds. The highest BCUT2D eigenvalue weighted by molar-refractivity contribution is 6.71. The van der Waals surface area contributed by atoms with Gasteiger partial charge in [-0.25, -0.2) is 0 Å². The van der Waals surface area contributed by atoms with Crippen molar-refractivity contribution in [3.05, 3.63) is 12.2 Å². The van der Waals surface area contributed by atoms with Crippen molar-refractivity contribution in [1.82, 2.24) is 0 Å². The predicted molar refractivity (Wildman–Crippen MR) is 96.9 cm³/mol. The van der Waals surface area contributed by atoms with Gasteiger partial charge < -0.3 is 18.3 Å². The highest BCUT2D eigenvalue weighted by Gasteiger charge is 2.63. The average Bonchev–Trinajstić information content (AvgIpc) is 2.59. The fraction of sp³-hybridized carbons (Fsp3) is 0.889. The number of allylic oxidation sites excluding steroid dienone is 2. The zero-order valence-corrected chi connectivity index (χ0v) is 16.7. The first kappa shape index (κ1) is 20.8. The molecule has 1 rings (SSSR count). The van der Waals surface area contributed by atoms with Crippen molar-refractivity contribution in [2.75, 3.05) is 27.9 Å². The summed E-state index contributed by atoms with van der Waals surface area (Å²) in [7, 11) is 2.87. The molecule has 23 heavy (non-hydrogen) atoms. The third kappa shape index (κ3) is 4.66. The van der Waals surface area contributed by atoms with Gasteiger partial charge in [0.05, 0.1) is 6.10 Å². The minimum absolute atomic E-state index is 0.0647. The predicted octanol–water partition coefficient (Wildman–Crippen LogP) is 4.37. The molecule has 0 radical (unpaired) electrons. The van der Waals surface area contributed by atoms with E-state index in [0.717, 1.165) is 44.8 Å². The molecule has 5 heteroatoms. The van der Waals surface area contributed by atoms with Crippen LogP contribution < -0.4 is 0 Å². The van der Waals surface area contributed by atoms with Crippen LogP contribution in [0.25, 0.3) is 0 Å². The number of unbranched alkanes of at least 4 members (excludes halogenated alkanes) is 2. The molecule has 0 saturated carbocycles. The Kier molecular flexibility index (Phi) is 9.62. The maximum absolute atomic E-state index is 6.31. The van der Waals surface area contributed by atoms with Crippen LogP contribution in [0.4, 0.5) is 0 Å². The molecule has 1 saturated heterocycles. The van der Waals surface area contributed by atoms with Gasteiger partial charge in [-0.1, -0.05) is 31.9 Å². The van der Waals surface area contributed by atoms with Crippen LogP contribution in [0.15, 0.2) is 12.2 Å². The molecule has 136 valence electrons. The summed E-state index contributed by atoms with van der Waals surface area (Å²) in [5.41, 5.74) is 0. The summed E-state index contributed by atoms with van der Waals surface area (Å²) in [5.74, 6) is 0. The highest BCUT2D eigenvalue weighted by atomic mass is 28.4. The molecule has 0 aromatic rings. The monoisotopic (exact) mass is 344 g/mol. The molecule has 0 aromatic heterocycles. The Morgan fingerprint density at radius 1 is 1.17 bits per heavy atom. The van der Waals surface area contributed by atoms with E-state index in [0.29, 0.717) is 0 Å². The van der Waals surface area contributed by atoms with Gasteiger partial charge in [-0.15, -0.1) is 0 Å². The summed E-state index contributed by atoms with van der Waals surface area (Å²) < 4.78 is 24.5. The maximum atomic E-state index is 6.31. The van der Waals surface area contributed by atoms with E-state index < -0.39 is 13.8 Å². The Morgan fingerprint density at radius 3 is 2.48 bits per heavy atom. The highest BCUT2D eigenvalue weighted by Crippen LogP contribution is 2.44. The molecule has 2 unspecified atom stereocenters. The van der Waals surface area contributed by atoms with E-state index >= 15 is 0 Å². The molecule has 0 aliphatic carbocycles. The Balaban J connectivity index is 2.97. The fourth-order valence-electron chi connectivity index (χ4n) is 3.84. The molecular formula is C18H36O4Si. The lowest BCUT2D eigenvalue weighted by atomic mass is 10.0. The minimum atomic E-state index is -2.47. The molecule has 0 bridgehead atoms. The molecule has 1 aliphatic rings. The van der Waals surface area contributed by atoms with Gasteiger partial charge in [-0.2, -0.15) is 0 Å². The smallest absolute Gasteiger partial charge is 0.373 e. The normalized spacial score (nSPS) is 27.6. The van der Waals surface area contributed by atoms with E-state index in [1.165, 1.54) is 12.8 Å². The van der Waals surface area contributed by atoms with Crippen LogP contribution in [-0.4, -0.2) is 47.8 Å². The van der Waals surface area contributed by atoms with Gasteiger partial charge in [-0.3, -0.25) is 0 Å². The average molecular weight is 345 g/mol. The van der Waals surface area contributed by atoms with E-state index in [9.17, 15) is 0 Å². The Morgan fingerprint density at radius 2 is 1.91 bits per heavy atom. The quantitative estimate of drug-likeness (QED) is 0.317. The fourth-order valence-corrected chi connectivity index (χ4v) is 7.76. The van der Waals surface area contributed by atoms with Gasteiger partial charge >= 0.3 is 8.56 Å². The summed E-state index contributed by atoms with van der Waals surface area (Å²) >= 11 is 0. The summed E-state index contributed by atoms with van der Waals surface area (Å²) in [6, 6.07) is 0.971. The number of methoxy groups -OCH3 is 1. The maximum Gasteiger partial charge on any atom is 0.373 e. The van der Waals surface area contributed by atoms with Crippen LogP contribution in [0.2, 0.25) is 6.04 Å². The number of hydrogen-bond acceptors (Lipinski definition) is 4. The van der Waals surface area contributed by atoms with E-state index in [-0.39, 0.29) is 6.10 Å². The van der Waals surface area contributed by atoms with Gasteiger partial charge in [0.2, 0.25) is 0 Å². The largest absolute Gasteiger partial charge is 0.396 e. The molecule has 1 aliphatic heterocycles. The van der Waals surface area contributed by atoms with Crippen LogP contribution in [0.3, 0.4) is 0 Å². The summed E-state index contributed by atoms with van der Waals surface area (Å²) in [4.78, 5) is 0. The molecule has 0 N–H and O–H groups in total. The van der Waals surface area contributed by atoms with Crippen LogP contribution in [0.5, 0.6) is 0 Å². The van der Waals surface area contributed by atoms with Crippen LogP contribution >= 0.6 is 0 Å². The van der Waals surface area contributed by atoms with Crippen molar-refractivity contribution in [2.24, 2.45) is 0 Å². The van der Waals surface area contributed by atoms with E-state index in [1.54, 1.807) is 21.3 Å². The topological polar surface area (TPSA) is 36.9 Å². The first-order chi connectivity index (χ1) is 11.2. The van der Waals surface area contributed by atoms with Crippen LogP contribution in [-0.2, 0) is 18.3 Å². The third-order valence-electron chi connectivity index (χ3n) is 5.15. The SMILES string of the molecule is CC=CCCC1(OC)C(OCCCCC)CCC[Si]1(OC)OC. The van der Waals surface area contributed by atoms with Gasteiger partial charge in [0.15, 0.2) is 0 Å². The van der Waals surface area contributed by atoms with Gasteiger partial charge in [-0.05, 0) is 45.1 Å². The lowest BCUT2D eigenvalue weighted by molar-refractivity contribution is -0.123. The number of hydrogen-bond donors (Lipinski definition) is 0. The summed E-state index contributed by atoms with van der Waals surface area (Å²) in [5, 5.41) is -0.430. The van der Waals surface area contributed by atoms with Crippen molar-refractivity contribution >= 4 is 8.56 Å². The zero-order valence-electron chi connectivity index (χ0n) is 15.7. The standard InChI is InChI=1S/C18H36O4Si/c1-6-8-10-14-18(19-3)17(22-15-11-9-7-2)13-12-16-23(18,20-4)21-5/h6,8,17H,7,9-16H2,1-5H3. The Labute approximate surface area is 143 Å². The first-order valence-electron chi connectivity index (χ1n) is 9.04. The molecule has 1 fully saturated rings. The second kappa shape index (κ2) is 10.6. The van der Waals surface area contributed by atoms with E-state index in [4.69, 9.17) is 18.3 Å². The Hall–Kier alpha value is -0.203. The molecule has 1 heterocycles. The molecule has 2 atom stereocenters. The molecule has 0 aromatic carbocycles. The lowest BCUT2D eigenvalue weighted by Crippen LogP contribution is -2.71. The van der Waals surface area contributed by atoms with Gasteiger partial charge in [0, 0.05) is 27.9 Å². The lowest BCUT2D eigenvalue weighted by Gasteiger charge is -2.51. The third-order valence-corrected chi connectivity index (χ3v) is 9.54. The number of ether oxygens (including phenoxy) is 2. The zero-order chi connectivity index (χ0) is 17.2. The van der Waals surface area contributed by atoms with Crippen molar-refractivity contribution in [3.8, 4) is 0 Å². The van der Waals surface area contributed by atoms with Crippen LogP contribution in [0.1, 0.15) is 58.8 Å². The molecule has 4 nitrogen and oxygen atoms in total. The van der Waals surface area contributed by atoms with Crippen molar-refractivity contribution in [3.63, 3.8) is 0 Å². The first-order valence-corrected chi connectivity index (χ1v) is 11.1. The van der Waals surface area contributed by atoms with E-state index in [1.807, 2.05) is 0 Å². The second-order valence-electron chi connectivity index (χ2n) is 6.32. The van der Waals surface area contributed by atoms with Crippen molar-refractivity contribution in [1.29, 1.82) is 0 Å². The molecule has 0 spiro atoms. The summed E-state index contributed by atoms with van der Waals surface area (Å²) in [6.45, 7) is 5.06. The van der Waals surface area contributed by atoms with Gasteiger partial charge in [0.25, 0.3) is 0 Å². The van der Waals surface area contributed by atoms with Crippen LogP contribution in [0, 0.1) is 0 Å². The van der Waals surface area contributed by atoms with Crippen molar-refractivity contribution in [2.45, 2.75) is 76.2 Å². The second-order valence-corrected chi connectivity index (χ2v) is 9.99. The Bertz CT molecular complexity index is 344. The van der Waals surface area contributed by atoms with Crippen molar-refractivity contribution < 1.29 is 18.3 Å². The minimum Gasteiger partial charge on any atom is -0.396 e. The number of rotatable bonds is 11. The van der Waals surface area contributed by atoms with Gasteiger partial charge in [0.1, 0.15) is 5.22 Å². The van der Waals surface area contributed by atoms with E-state index in [2.05, 4.69) is 26.0 Å². The molecular weight excluding hydrogens is 308 g/mol.